The summed E-state index contributed by atoms with van der Waals surface area (Å²) in [7, 11) is -3.91. The van der Waals surface area contributed by atoms with Gasteiger partial charge in [0.15, 0.2) is 0 Å². The van der Waals surface area contributed by atoms with Gasteiger partial charge in [0.25, 0.3) is 0 Å². The summed E-state index contributed by atoms with van der Waals surface area (Å²) in [5, 5.41) is 0. The largest absolute Gasteiger partial charge is 0.396 e. The number of primary amides is 1. The summed E-state index contributed by atoms with van der Waals surface area (Å²) in [5.74, 6) is -1.33. The van der Waals surface area contributed by atoms with Crippen LogP contribution >= 0.6 is 0 Å². The number of benzene rings is 1. The highest BCUT2D eigenvalue weighted by Gasteiger charge is 2.28. The van der Waals surface area contributed by atoms with Crippen molar-refractivity contribution in [3.05, 3.63) is 24.0 Å². The highest BCUT2D eigenvalue weighted by Crippen LogP contribution is 2.19. The number of nitrogens with two attached hydrogens (primary N) is 2. The number of carbonyl (C=O) groups is 1. The lowest BCUT2D eigenvalue weighted by atomic mass is 10.0. The number of halogens is 1. The quantitative estimate of drug-likeness (QED) is 0.678. The maximum atomic E-state index is 13.0. The highest BCUT2D eigenvalue weighted by atomic mass is 32.2. The third-order valence-electron chi connectivity index (χ3n) is 2.30. The number of carbonyl (C=O) groups excluding carboxylic acids is 1. The molecule has 0 saturated heterocycles. The Morgan fingerprint density at radius 2 is 2.00 bits per heavy atom. The van der Waals surface area contributed by atoms with Gasteiger partial charge in [-0.3, -0.25) is 4.79 Å². The van der Waals surface area contributed by atoms with E-state index in [0.29, 0.717) is 0 Å². The van der Waals surface area contributed by atoms with E-state index in [1.165, 1.54) is 13.8 Å². The zero-order valence-electron chi connectivity index (χ0n) is 10.6. The van der Waals surface area contributed by atoms with Crippen molar-refractivity contribution in [2.75, 3.05) is 5.73 Å². The highest BCUT2D eigenvalue weighted by molar-refractivity contribution is 7.89. The molecule has 0 aliphatic carbocycles. The van der Waals surface area contributed by atoms with Gasteiger partial charge in [0, 0.05) is 12.0 Å². The Morgan fingerprint density at radius 3 is 2.47 bits per heavy atom. The zero-order chi connectivity index (χ0) is 14.8. The van der Waals surface area contributed by atoms with Gasteiger partial charge in [0.05, 0.1) is 10.6 Å². The minimum Gasteiger partial charge on any atom is -0.396 e. The zero-order valence-corrected chi connectivity index (χ0v) is 11.4. The number of anilines is 1. The number of hydrogen-bond donors (Lipinski definition) is 3. The van der Waals surface area contributed by atoms with Crippen molar-refractivity contribution in [2.45, 2.75) is 30.7 Å². The van der Waals surface area contributed by atoms with Gasteiger partial charge in [-0.1, -0.05) is 0 Å². The van der Waals surface area contributed by atoms with Gasteiger partial charge >= 0.3 is 0 Å². The van der Waals surface area contributed by atoms with Crippen LogP contribution in [0.2, 0.25) is 0 Å². The summed E-state index contributed by atoms with van der Waals surface area (Å²) in [4.78, 5) is 10.7. The van der Waals surface area contributed by atoms with E-state index in [1.807, 2.05) is 0 Å². The second-order valence-electron chi connectivity index (χ2n) is 4.82. The maximum absolute atomic E-state index is 13.0. The Hall–Kier alpha value is -1.67. The molecule has 19 heavy (non-hydrogen) atoms. The molecular weight excluding hydrogens is 273 g/mol. The second-order valence-corrected chi connectivity index (χ2v) is 6.50. The number of rotatable bonds is 5. The van der Waals surface area contributed by atoms with Crippen LogP contribution in [0, 0.1) is 5.82 Å². The summed E-state index contributed by atoms with van der Waals surface area (Å²) < 4.78 is 39.4. The molecule has 0 aromatic heterocycles. The molecule has 0 saturated carbocycles. The van der Waals surface area contributed by atoms with Crippen LogP contribution in [0.25, 0.3) is 0 Å². The molecule has 0 radical (unpaired) electrons. The second kappa shape index (κ2) is 5.14. The standard InChI is InChI=1S/C11H16FN3O3S/c1-11(2,6-10(14)16)15-19(17,18)7-3-4-8(12)9(13)5-7/h3-5,15H,6,13H2,1-2H3,(H2,14,16). The van der Waals surface area contributed by atoms with E-state index >= 15 is 0 Å². The third kappa shape index (κ3) is 4.18. The van der Waals surface area contributed by atoms with E-state index in [2.05, 4.69) is 4.72 Å². The summed E-state index contributed by atoms with van der Waals surface area (Å²) >= 11 is 0. The van der Waals surface area contributed by atoms with E-state index in [-0.39, 0.29) is 17.0 Å². The summed E-state index contributed by atoms with van der Waals surface area (Å²) in [6.45, 7) is 3.03. The Bertz CT molecular complexity index is 599. The molecule has 0 atom stereocenters. The molecule has 0 fully saturated rings. The number of nitrogen functional groups attached to an aromatic ring is 1. The van der Waals surface area contributed by atoms with Crippen molar-refractivity contribution in [1.82, 2.24) is 4.72 Å². The number of amides is 1. The first-order chi connectivity index (χ1) is 8.53. The maximum Gasteiger partial charge on any atom is 0.241 e. The van der Waals surface area contributed by atoms with Crippen molar-refractivity contribution in [1.29, 1.82) is 0 Å². The molecule has 1 aromatic rings. The average Bonchev–Trinajstić information content (AvgIpc) is 2.17. The molecule has 6 nitrogen and oxygen atoms in total. The first-order valence-electron chi connectivity index (χ1n) is 5.41. The fourth-order valence-electron chi connectivity index (χ4n) is 1.58. The smallest absolute Gasteiger partial charge is 0.241 e. The summed E-state index contributed by atoms with van der Waals surface area (Å²) in [6, 6.07) is 3.07. The van der Waals surface area contributed by atoms with Crippen LogP contribution in [-0.2, 0) is 14.8 Å². The van der Waals surface area contributed by atoms with Crippen LogP contribution in [0.5, 0.6) is 0 Å². The molecule has 1 rings (SSSR count). The van der Waals surface area contributed by atoms with Crippen molar-refractivity contribution in [3.63, 3.8) is 0 Å². The minimum atomic E-state index is -3.91. The van der Waals surface area contributed by atoms with Crippen LogP contribution in [0.1, 0.15) is 20.3 Å². The van der Waals surface area contributed by atoms with E-state index < -0.39 is 27.3 Å². The first-order valence-corrected chi connectivity index (χ1v) is 6.89. The predicted molar refractivity (Wildman–Crippen MR) is 69.0 cm³/mol. The molecule has 0 spiro atoms. The van der Waals surface area contributed by atoms with Gasteiger partial charge in [-0.15, -0.1) is 0 Å². The Balaban J connectivity index is 3.04. The molecular formula is C11H16FN3O3S. The molecule has 0 heterocycles. The van der Waals surface area contributed by atoms with Gasteiger partial charge in [-0.2, -0.15) is 0 Å². The van der Waals surface area contributed by atoms with Crippen molar-refractivity contribution in [3.8, 4) is 0 Å². The number of hydrogen-bond acceptors (Lipinski definition) is 4. The Morgan fingerprint density at radius 1 is 1.42 bits per heavy atom. The first kappa shape index (κ1) is 15.4. The molecule has 1 aromatic carbocycles. The lowest BCUT2D eigenvalue weighted by molar-refractivity contribution is -0.119. The molecule has 0 aliphatic rings. The van der Waals surface area contributed by atoms with E-state index in [4.69, 9.17) is 11.5 Å². The van der Waals surface area contributed by atoms with Crippen LogP contribution < -0.4 is 16.2 Å². The van der Waals surface area contributed by atoms with E-state index in [0.717, 1.165) is 18.2 Å². The lowest BCUT2D eigenvalue weighted by Crippen LogP contribution is -2.45. The normalized spacial score (nSPS) is 12.4. The molecule has 1 amide bonds. The Labute approximate surface area is 111 Å². The average molecular weight is 289 g/mol. The van der Waals surface area contributed by atoms with Gasteiger partial charge in [-0.05, 0) is 32.0 Å². The predicted octanol–water partition coefficient (Wildman–Crippen LogP) is 0.340. The fraction of sp³-hybridized carbons (Fsp3) is 0.364. The topological polar surface area (TPSA) is 115 Å². The van der Waals surface area contributed by atoms with Crippen molar-refractivity contribution < 1.29 is 17.6 Å². The Kier molecular flexibility index (Phi) is 4.16. The molecule has 0 aliphatic heterocycles. The van der Waals surface area contributed by atoms with Gasteiger partial charge in [-0.25, -0.2) is 17.5 Å². The lowest BCUT2D eigenvalue weighted by Gasteiger charge is -2.24. The fourth-order valence-corrected chi connectivity index (χ4v) is 3.03. The van der Waals surface area contributed by atoms with Crippen molar-refractivity contribution >= 4 is 21.6 Å². The molecule has 0 bridgehead atoms. The SMILES string of the molecule is CC(C)(CC(N)=O)NS(=O)(=O)c1ccc(F)c(N)c1. The molecule has 106 valence electrons. The van der Waals surface area contributed by atoms with Crippen molar-refractivity contribution in [2.24, 2.45) is 5.73 Å². The minimum absolute atomic E-state index is 0.164. The third-order valence-corrected chi connectivity index (χ3v) is 4.00. The molecule has 0 unspecified atom stereocenters. The van der Waals surface area contributed by atoms with Gasteiger partial charge in [0.1, 0.15) is 5.82 Å². The number of sulfonamides is 1. The summed E-state index contributed by atoms with van der Waals surface area (Å²) in [5.41, 5.74) is 9.04. The molecule has 5 N–H and O–H groups in total. The van der Waals surface area contributed by atoms with Crippen LogP contribution in [0.15, 0.2) is 23.1 Å². The monoisotopic (exact) mass is 289 g/mol. The van der Waals surface area contributed by atoms with Gasteiger partial charge < -0.3 is 11.5 Å². The van der Waals surface area contributed by atoms with Crippen LogP contribution in [-0.4, -0.2) is 19.9 Å². The summed E-state index contributed by atoms with van der Waals surface area (Å²) in [6.07, 6.45) is -0.164. The molecule has 8 heteroatoms. The van der Waals surface area contributed by atoms with Crippen LogP contribution in [0.3, 0.4) is 0 Å². The number of nitrogens with one attached hydrogen (secondary N) is 1. The van der Waals surface area contributed by atoms with E-state index in [9.17, 15) is 17.6 Å². The van der Waals surface area contributed by atoms with Crippen LogP contribution in [0.4, 0.5) is 10.1 Å². The van der Waals surface area contributed by atoms with E-state index in [1.54, 1.807) is 0 Å². The van der Waals surface area contributed by atoms with Gasteiger partial charge in [0.2, 0.25) is 15.9 Å².